The summed E-state index contributed by atoms with van der Waals surface area (Å²) in [5.74, 6) is -0.0540. The summed E-state index contributed by atoms with van der Waals surface area (Å²) in [5.41, 5.74) is -0.481. The van der Waals surface area contributed by atoms with Crippen LogP contribution in [0.25, 0.3) is 0 Å². The summed E-state index contributed by atoms with van der Waals surface area (Å²) in [6, 6.07) is 0. The molecule has 1 atom stereocenters. The van der Waals surface area contributed by atoms with Crippen molar-refractivity contribution in [1.29, 1.82) is 0 Å². The number of ether oxygens (including phenoxy) is 1. The molecule has 88 valence electrons. The average Bonchev–Trinajstić information content (AvgIpc) is 2.39. The second-order valence-electron chi connectivity index (χ2n) is 4.06. The molecule has 1 aliphatic rings. The zero-order chi connectivity index (χ0) is 11.5. The van der Waals surface area contributed by atoms with Crippen LogP contribution in [0, 0.1) is 0 Å². The maximum Gasteiger partial charge on any atom is 0.319 e. The van der Waals surface area contributed by atoms with Crippen molar-refractivity contribution in [3.05, 3.63) is 0 Å². The molecule has 0 aromatic rings. The molecule has 1 saturated heterocycles. The Bertz CT molecular complexity index is 338. The number of esters is 1. The molecule has 1 heterocycles. The summed E-state index contributed by atoms with van der Waals surface area (Å²) in [6.07, 6.45) is 0.550. The summed E-state index contributed by atoms with van der Waals surface area (Å²) in [6.45, 7) is 3.96. The van der Waals surface area contributed by atoms with Crippen molar-refractivity contribution in [2.45, 2.75) is 25.8 Å². The molecule has 1 aliphatic heterocycles. The van der Waals surface area contributed by atoms with Crippen LogP contribution in [-0.4, -0.2) is 44.6 Å². The Labute approximate surface area is 90.1 Å². The second kappa shape index (κ2) is 4.49. The Morgan fingerprint density at radius 2 is 2.20 bits per heavy atom. The van der Waals surface area contributed by atoms with Gasteiger partial charge in [-0.3, -0.25) is 4.79 Å². The Hall–Kier alpha value is -0.620. The van der Waals surface area contributed by atoms with E-state index in [1.165, 1.54) is 0 Å². The number of sulfone groups is 1. The topological polar surface area (TPSA) is 72.5 Å². The second-order valence-corrected chi connectivity index (χ2v) is 6.25. The fourth-order valence-electron chi connectivity index (χ4n) is 1.65. The standard InChI is InChI=1S/C9H17NO4S/c1-3-14-8(11)6-10-9(2)4-5-15(12,13)7-9/h10H,3-7H2,1-2H3. The van der Waals surface area contributed by atoms with Gasteiger partial charge in [0, 0.05) is 5.54 Å². The molecule has 0 aromatic carbocycles. The van der Waals surface area contributed by atoms with E-state index in [9.17, 15) is 13.2 Å². The lowest BCUT2D eigenvalue weighted by Crippen LogP contribution is -2.46. The summed E-state index contributed by atoms with van der Waals surface area (Å²) in [5, 5.41) is 2.94. The van der Waals surface area contributed by atoms with Crippen LogP contribution < -0.4 is 5.32 Å². The van der Waals surface area contributed by atoms with Crippen LogP contribution in [0.1, 0.15) is 20.3 Å². The predicted molar refractivity (Wildman–Crippen MR) is 56.3 cm³/mol. The first-order valence-electron chi connectivity index (χ1n) is 4.98. The lowest BCUT2D eigenvalue weighted by atomic mass is 10.0. The maximum atomic E-state index is 11.3. The zero-order valence-corrected chi connectivity index (χ0v) is 9.89. The highest BCUT2D eigenvalue weighted by Gasteiger charge is 2.38. The SMILES string of the molecule is CCOC(=O)CNC1(C)CCS(=O)(=O)C1. The summed E-state index contributed by atoms with van der Waals surface area (Å²) >= 11 is 0. The molecule has 0 bridgehead atoms. The van der Waals surface area contributed by atoms with Gasteiger partial charge in [-0.25, -0.2) is 8.42 Å². The smallest absolute Gasteiger partial charge is 0.319 e. The number of hydrogen-bond acceptors (Lipinski definition) is 5. The van der Waals surface area contributed by atoms with Gasteiger partial charge >= 0.3 is 5.97 Å². The number of nitrogens with one attached hydrogen (secondary N) is 1. The van der Waals surface area contributed by atoms with E-state index in [2.05, 4.69) is 5.32 Å². The van der Waals surface area contributed by atoms with Crippen molar-refractivity contribution < 1.29 is 17.9 Å². The van der Waals surface area contributed by atoms with Crippen molar-refractivity contribution in [2.75, 3.05) is 24.7 Å². The summed E-state index contributed by atoms with van der Waals surface area (Å²) < 4.78 is 27.3. The number of rotatable bonds is 4. The molecule has 1 rings (SSSR count). The van der Waals surface area contributed by atoms with E-state index >= 15 is 0 Å². The molecule has 0 aromatic heterocycles. The van der Waals surface area contributed by atoms with Crippen molar-refractivity contribution in [3.63, 3.8) is 0 Å². The number of carbonyl (C=O) groups excluding carboxylic acids is 1. The summed E-state index contributed by atoms with van der Waals surface area (Å²) in [7, 11) is -2.93. The quantitative estimate of drug-likeness (QED) is 0.678. The molecule has 0 aliphatic carbocycles. The molecule has 1 fully saturated rings. The largest absolute Gasteiger partial charge is 0.465 e. The van der Waals surface area contributed by atoms with Gasteiger partial charge in [-0.05, 0) is 20.3 Å². The van der Waals surface area contributed by atoms with Crippen molar-refractivity contribution >= 4 is 15.8 Å². The molecule has 1 unspecified atom stereocenters. The molecule has 6 heteroatoms. The first-order chi connectivity index (χ1) is 6.87. The predicted octanol–water partition coefficient (Wildman–Crippen LogP) is -0.284. The third kappa shape index (κ3) is 3.79. The fourth-order valence-corrected chi connectivity index (χ4v) is 3.77. The Kier molecular flexibility index (Phi) is 3.72. The maximum absolute atomic E-state index is 11.3. The van der Waals surface area contributed by atoms with Gasteiger partial charge in [0.1, 0.15) is 0 Å². The van der Waals surface area contributed by atoms with Crippen LogP contribution in [0.2, 0.25) is 0 Å². The monoisotopic (exact) mass is 235 g/mol. The van der Waals surface area contributed by atoms with E-state index in [-0.39, 0.29) is 24.0 Å². The van der Waals surface area contributed by atoms with Crippen molar-refractivity contribution in [3.8, 4) is 0 Å². The van der Waals surface area contributed by atoms with Crippen LogP contribution in [0.4, 0.5) is 0 Å². The van der Waals surface area contributed by atoms with Crippen molar-refractivity contribution in [1.82, 2.24) is 5.32 Å². The minimum absolute atomic E-state index is 0.0693. The molecule has 0 radical (unpaired) electrons. The van der Waals surface area contributed by atoms with Gasteiger partial charge in [-0.2, -0.15) is 0 Å². The molecule has 0 amide bonds. The van der Waals surface area contributed by atoms with Gasteiger partial charge < -0.3 is 10.1 Å². The van der Waals surface area contributed by atoms with Crippen molar-refractivity contribution in [2.24, 2.45) is 0 Å². The molecule has 1 N–H and O–H groups in total. The van der Waals surface area contributed by atoms with Gasteiger partial charge in [0.25, 0.3) is 0 Å². The highest BCUT2D eigenvalue weighted by molar-refractivity contribution is 7.91. The van der Waals surface area contributed by atoms with Crippen LogP contribution in [0.5, 0.6) is 0 Å². The van der Waals surface area contributed by atoms with Crippen LogP contribution >= 0.6 is 0 Å². The van der Waals surface area contributed by atoms with Gasteiger partial charge in [0.2, 0.25) is 0 Å². The van der Waals surface area contributed by atoms with E-state index in [1.54, 1.807) is 6.92 Å². The lowest BCUT2D eigenvalue weighted by Gasteiger charge is -2.23. The molecule has 15 heavy (non-hydrogen) atoms. The Morgan fingerprint density at radius 1 is 1.53 bits per heavy atom. The molecule has 5 nitrogen and oxygen atoms in total. The van der Waals surface area contributed by atoms with Gasteiger partial charge in [-0.1, -0.05) is 0 Å². The number of carbonyl (C=O) groups is 1. The van der Waals surface area contributed by atoms with Crippen LogP contribution in [-0.2, 0) is 19.4 Å². The normalized spacial score (nSPS) is 28.9. The van der Waals surface area contributed by atoms with Crippen LogP contribution in [0.3, 0.4) is 0 Å². The Morgan fingerprint density at radius 3 is 2.67 bits per heavy atom. The van der Waals surface area contributed by atoms with E-state index < -0.39 is 15.4 Å². The van der Waals surface area contributed by atoms with E-state index in [0.29, 0.717) is 13.0 Å². The third-order valence-corrected chi connectivity index (χ3v) is 4.37. The fraction of sp³-hybridized carbons (Fsp3) is 0.889. The third-order valence-electron chi connectivity index (χ3n) is 2.47. The minimum Gasteiger partial charge on any atom is -0.465 e. The van der Waals surface area contributed by atoms with E-state index in [4.69, 9.17) is 4.74 Å². The van der Waals surface area contributed by atoms with Gasteiger partial charge in [0.05, 0.1) is 24.7 Å². The minimum atomic E-state index is -2.93. The van der Waals surface area contributed by atoms with Gasteiger partial charge in [-0.15, -0.1) is 0 Å². The highest BCUT2D eigenvalue weighted by atomic mass is 32.2. The first-order valence-corrected chi connectivity index (χ1v) is 6.80. The first kappa shape index (κ1) is 12.4. The lowest BCUT2D eigenvalue weighted by molar-refractivity contribution is -0.142. The summed E-state index contributed by atoms with van der Waals surface area (Å²) in [4.78, 5) is 11.1. The number of hydrogen-bond donors (Lipinski definition) is 1. The molecular formula is C9H17NO4S. The molecular weight excluding hydrogens is 218 g/mol. The highest BCUT2D eigenvalue weighted by Crippen LogP contribution is 2.22. The zero-order valence-electron chi connectivity index (χ0n) is 9.08. The van der Waals surface area contributed by atoms with E-state index in [0.717, 1.165) is 0 Å². The Balaban J connectivity index is 2.42. The van der Waals surface area contributed by atoms with Gasteiger partial charge in [0.15, 0.2) is 9.84 Å². The molecule has 0 spiro atoms. The molecule has 0 saturated carbocycles. The van der Waals surface area contributed by atoms with E-state index in [1.807, 2.05) is 6.92 Å². The van der Waals surface area contributed by atoms with Crippen LogP contribution in [0.15, 0.2) is 0 Å². The average molecular weight is 235 g/mol.